The van der Waals surface area contributed by atoms with E-state index in [1.807, 2.05) is 13.0 Å². The number of nitrogens with two attached hydrogens (primary N) is 1. The molecule has 104 valence electrons. The quantitative estimate of drug-likeness (QED) is 0.452. The van der Waals surface area contributed by atoms with Crippen molar-refractivity contribution in [2.24, 2.45) is 10.8 Å². The molecule has 0 heterocycles. The van der Waals surface area contributed by atoms with Crippen molar-refractivity contribution in [3.05, 3.63) is 21.3 Å². The Bertz CT molecular complexity index is 478. The normalized spacial score (nSPS) is 10.5. The number of benzene rings is 1. The Balaban J connectivity index is 2.95. The van der Waals surface area contributed by atoms with Crippen molar-refractivity contribution < 1.29 is 14.3 Å². The molecule has 1 aromatic rings. The molecule has 0 spiro atoms. The number of primary amides is 1. The summed E-state index contributed by atoms with van der Waals surface area (Å²) in [4.78, 5) is 10.5. The lowest BCUT2D eigenvalue weighted by Gasteiger charge is -2.12. The monoisotopic (exact) mass is 377 g/mol. The number of hydrogen-bond donors (Lipinski definition) is 2. The maximum Gasteiger partial charge on any atom is 0.332 e. The Morgan fingerprint density at radius 2 is 2.32 bits per heavy atom. The first-order valence-corrected chi connectivity index (χ1v) is 6.75. The minimum atomic E-state index is -0.708. The van der Waals surface area contributed by atoms with E-state index in [0.29, 0.717) is 18.1 Å². The van der Waals surface area contributed by atoms with E-state index in [-0.39, 0.29) is 0 Å². The van der Waals surface area contributed by atoms with E-state index in [4.69, 9.17) is 15.2 Å². The minimum absolute atomic E-state index is 0.626. The van der Waals surface area contributed by atoms with Gasteiger partial charge in [-0.2, -0.15) is 5.10 Å². The second-order valence-corrected chi connectivity index (χ2v) is 4.78. The van der Waals surface area contributed by atoms with Crippen LogP contribution in [0.2, 0.25) is 0 Å². The molecule has 0 aromatic heterocycles. The van der Waals surface area contributed by atoms with Crippen molar-refractivity contribution in [3.8, 4) is 11.5 Å². The smallest absolute Gasteiger partial charge is 0.332 e. The van der Waals surface area contributed by atoms with Crippen LogP contribution < -0.4 is 20.6 Å². The summed E-state index contributed by atoms with van der Waals surface area (Å²) in [6.07, 6.45) is 2.41. The number of nitrogens with zero attached hydrogens (tertiary/aromatic N) is 1. The molecule has 6 nitrogen and oxygen atoms in total. The number of halogens is 1. The molecule has 0 atom stereocenters. The molecule has 0 unspecified atom stereocenters. The van der Waals surface area contributed by atoms with Crippen LogP contribution in [0.15, 0.2) is 17.2 Å². The third kappa shape index (κ3) is 4.93. The number of amides is 2. The number of hydrazone groups is 1. The van der Waals surface area contributed by atoms with Crippen LogP contribution in [-0.4, -0.2) is 26.0 Å². The number of hydrogen-bond acceptors (Lipinski definition) is 4. The average Bonchev–Trinajstić information content (AvgIpc) is 2.36. The summed E-state index contributed by atoms with van der Waals surface area (Å²) >= 11 is 2.16. The van der Waals surface area contributed by atoms with Crippen LogP contribution in [0.1, 0.15) is 18.9 Å². The van der Waals surface area contributed by atoms with Crippen LogP contribution in [0.5, 0.6) is 11.5 Å². The van der Waals surface area contributed by atoms with Crippen LogP contribution in [0.3, 0.4) is 0 Å². The Kier molecular flexibility index (Phi) is 6.40. The van der Waals surface area contributed by atoms with Gasteiger partial charge < -0.3 is 15.2 Å². The highest BCUT2D eigenvalue weighted by Gasteiger charge is 2.10. The van der Waals surface area contributed by atoms with E-state index in [0.717, 1.165) is 15.6 Å². The summed E-state index contributed by atoms with van der Waals surface area (Å²) in [6.45, 7) is 2.67. The molecule has 1 aromatic carbocycles. The van der Waals surface area contributed by atoms with Crippen molar-refractivity contribution in [2.75, 3.05) is 13.7 Å². The topological polar surface area (TPSA) is 85.9 Å². The highest BCUT2D eigenvalue weighted by molar-refractivity contribution is 14.1. The van der Waals surface area contributed by atoms with E-state index in [9.17, 15) is 4.79 Å². The zero-order valence-corrected chi connectivity index (χ0v) is 12.9. The first-order valence-electron chi connectivity index (χ1n) is 5.67. The molecule has 0 aliphatic rings. The van der Waals surface area contributed by atoms with Crippen molar-refractivity contribution in [1.82, 2.24) is 5.43 Å². The fourth-order valence-electron chi connectivity index (χ4n) is 1.33. The number of urea groups is 1. The lowest BCUT2D eigenvalue weighted by Crippen LogP contribution is -2.24. The van der Waals surface area contributed by atoms with Gasteiger partial charge in [0.1, 0.15) is 0 Å². The summed E-state index contributed by atoms with van der Waals surface area (Å²) in [6, 6.07) is 2.94. The third-order valence-corrected chi connectivity index (χ3v) is 2.89. The zero-order valence-electron chi connectivity index (χ0n) is 10.8. The molecule has 0 bridgehead atoms. The predicted octanol–water partition coefficient (Wildman–Crippen LogP) is 2.09. The number of carbonyl (C=O) groups is 1. The summed E-state index contributed by atoms with van der Waals surface area (Å²) in [5, 5.41) is 3.70. The Morgan fingerprint density at radius 1 is 1.58 bits per heavy atom. The van der Waals surface area contributed by atoms with Crippen molar-refractivity contribution in [3.63, 3.8) is 0 Å². The maximum absolute atomic E-state index is 10.5. The summed E-state index contributed by atoms with van der Waals surface area (Å²) in [5.74, 6) is 1.34. The largest absolute Gasteiger partial charge is 0.493 e. The van der Waals surface area contributed by atoms with Gasteiger partial charge in [-0.15, -0.1) is 0 Å². The molecule has 0 saturated heterocycles. The molecular weight excluding hydrogens is 361 g/mol. The SMILES string of the molecule is CCCOc1c(I)cc(/C=N/NC(N)=O)cc1OC. The summed E-state index contributed by atoms with van der Waals surface area (Å²) < 4.78 is 11.8. The van der Waals surface area contributed by atoms with E-state index in [1.54, 1.807) is 13.2 Å². The minimum Gasteiger partial charge on any atom is -0.493 e. The van der Waals surface area contributed by atoms with Gasteiger partial charge in [0.25, 0.3) is 0 Å². The van der Waals surface area contributed by atoms with Gasteiger partial charge in [-0.1, -0.05) is 6.92 Å². The molecule has 0 fully saturated rings. The molecule has 7 heteroatoms. The van der Waals surface area contributed by atoms with E-state index in [1.165, 1.54) is 6.21 Å². The van der Waals surface area contributed by atoms with Gasteiger partial charge in [0, 0.05) is 0 Å². The van der Waals surface area contributed by atoms with Crippen LogP contribution in [-0.2, 0) is 0 Å². The fourth-order valence-corrected chi connectivity index (χ4v) is 2.11. The Hall–Kier alpha value is -1.51. The summed E-state index contributed by atoms with van der Waals surface area (Å²) in [7, 11) is 1.58. The number of methoxy groups -OCH3 is 1. The highest BCUT2D eigenvalue weighted by atomic mass is 127. The number of nitrogens with one attached hydrogen (secondary N) is 1. The standard InChI is InChI=1S/C12H16IN3O3/c1-3-4-19-11-9(13)5-8(6-10(11)18-2)7-15-16-12(14)17/h5-7H,3-4H2,1-2H3,(H3,14,16,17)/b15-7+. The lowest BCUT2D eigenvalue weighted by atomic mass is 10.2. The first kappa shape index (κ1) is 15.5. The second-order valence-electron chi connectivity index (χ2n) is 3.62. The van der Waals surface area contributed by atoms with E-state index < -0.39 is 6.03 Å². The predicted molar refractivity (Wildman–Crippen MR) is 81.8 cm³/mol. The Labute approximate surface area is 125 Å². The molecule has 0 aliphatic heterocycles. The van der Waals surface area contributed by atoms with E-state index >= 15 is 0 Å². The van der Waals surface area contributed by atoms with Gasteiger partial charge in [0.05, 0.1) is 23.5 Å². The van der Waals surface area contributed by atoms with Gasteiger partial charge in [0.2, 0.25) is 0 Å². The number of ether oxygens (including phenoxy) is 2. The van der Waals surface area contributed by atoms with Crippen LogP contribution in [0.25, 0.3) is 0 Å². The molecule has 3 N–H and O–H groups in total. The fraction of sp³-hybridized carbons (Fsp3) is 0.333. The van der Waals surface area contributed by atoms with Crippen molar-refractivity contribution >= 4 is 34.8 Å². The van der Waals surface area contributed by atoms with Crippen LogP contribution in [0.4, 0.5) is 4.79 Å². The lowest BCUT2D eigenvalue weighted by molar-refractivity contribution is 0.249. The molecule has 19 heavy (non-hydrogen) atoms. The molecule has 0 saturated carbocycles. The number of rotatable bonds is 6. The molecule has 0 aliphatic carbocycles. The van der Waals surface area contributed by atoms with Crippen LogP contribution >= 0.6 is 22.6 Å². The molecular formula is C12H16IN3O3. The average molecular weight is 377 g/mol. The number of carbonyl (C=O) groups excluding carboxylic acids is 1. The van der Waals surface area contributed by atoms with Gasteiger partial charge in [-0.3, -0.25) is 0 Å². The zero-order chi connectivity index (χ0) is 14.3. The Morgan fingerprint density at radius 3 is 2.89 bits per heavy atom. The first-order chi connectivity index (χ1) is 9.08. The third-order valence-electron chi connectivity index (χ3n) is 2.09. The van der Waals surface area contributed by atoms with Gasteiger partial charge in [0.15, 0.2) is 11.5 Å². The summed E-state index contributed by atoms with van der Waals surface area (Å²) in [5.41, 5.74) is 7.82. The highest BCUT2D eigenvalue weighted by Crippen LogP contribution is 2.33. The van der Waals surface area contributed by atoms with Gasteiger partial charge in [-0.25, -0.2) is 10.2 Å². The van der Waals surface area contributed by atoms with Gasteiger partial charge in [-0.05, 0) is 46.7 Å². The molecule has 1 rings (SSSR count). The van der Waals surface area contributed by atoms with Crippen molar-refractivity contribution in [1.29, 1.82) is 0 Å². The van der Waals surface area contributed by atoms with E-state index in [2.05, 4.69) is 33.1 Å². The van der Waals surface area contributed by atoms with Crippen molar-refractivity contribution in [2.45, 2.75) is 13.3 Å². The molecule has 0 radical (unpaired) electrons. The van der Waals surface area contributed by atoms with Crippen LogP contribution in [0, 0.1) is 3.57 Å². The maximum atomic E-state index is 10.5. The molecule has 2 amide bonds. The second kappa shape index (κ2) is 7.82. The van der Waals surface area contributed by atoms with Gasteiger partial charge >= 0.3 is 6.03 Å².